The SMILES string of the molecule is O=C(CSc1ccccc1F)NCCCCCCO. The van der Waals surface area contributed by atoms with Crippen molar-refractivity contribution < 1.29 is 14.3 Å². The second kappa shape index (κ2) is 9.81. The Kier molecular flexibility index (Phi) is 8.25. The standard InChI is InChI=1S/C14H20FNO2S/c15-12-7-3-4-8-13(12)19-11-14(18)16-9-5-1-2-6-10-17/h3-4,7-8,17H,1-2,5-6,9-11H2,(H,16,18). The van der Waals surface area contributed by atoms with Crippen LogP contribution < -0.4 is 5.32 Å². The zero-order chi connectivity index (χ0) is 13.9. The lowest BCUT2D eigenvalue weighted by molar-refractivity contribution is -0.118. The van der Waals surface area contributed by atoms with Gasteiger partial charge in [0.15, 0.2) is 0 Å². The number of aliphatic hydroxyl groups excluding tert-OH is 1. The summed E-state index contributed by atoms with van der Waals surface area (Å²) in [6.07, 6.45) is 3.71. The van der Waals surface area contributed by atoms with Gasteiger partial charge in [0.25, 0.3) is 0 Å². The van der Waals surface area contributed by atoms with Gasteiger partial charge in [-0.05, 0) is 25.0 Å². The fourth-order valence-corrected chi connectivity index (χ4v) is 2.34. The Hall–Kier alpha value is -1.07. The van der Waals surface area contributed by atoms with E-state index in [-0.39, 0.29) is 24.1 Å². The first-order valence-corrected chi connectivity index (χ1v) is 7.47. The van der Waals surface area contributed by atoms with Crippen LogP contribution in [0.3, 0.4) is 0 Å². The summed E-state index contributed by atoms with van der Waals surface area (Å²) >= 11 is 1.21. The summed E-state index contributed by atoms with van der Waals surface area (Å²) in [5.41, 5.74) is 0. The highest BCUT2D eigenvalue weighted by Crippen LogP contribution is 2.20. The molecule has 106 valence electrons. The van der Waals surface area contributed by atoms with Gasteiger partial charge in [0, 0.05) is 18.0 Å². The maximum atomic E-state index is 13.3. The molecule has 19 heavy (non-hydrogen) atoms. The molecule has 0 spiro atoms. The first-order valence-electron chi connectivity index (χ1n) is 6.49. The molecular weight excluding hydrogens is 265 g/mol. The number of thioether (sulfide) groups is 1. The Balaban J connectivity index is 2.10. The summed E-state index contributed by atoms with van der Waals surface area (Å²) in [4.78, 5) is 12.0. The third-order valence-electron chi connectivity index (χ3n) is 2.60. The van der Waals surface area contributed by atoms with Gasteiger partial charge in [-0.3, -0.25) is 4.79 Å². The van der Waals surface area contributed by atoms with Crippen LogP contribution >= 0.6 is 11.8 Å². The minimum absolute atomic E-state index is 0.0737. The maximum Gasteiger partial charge on any atom is 0.230 e. The molecule has 0 saturated carbocycles. The molecule has 1 aromatic carbocycles. The van der Waals surface area contributed by atoms with Crippen molar-refractivity contribution in [1.82, 2.24) is 5.32 Å². The van der Waals surface area contributed by atoms with E-state index in [0.717, 1.165) is 25.7 Å². The van der Waals surface area contributed by atoms with E-state index in [1.807, 2.05) is 0 Å². The number of aliphatic hydroxyl groups is 1. The van der Waals surface area contributed by atoms with Gasteiger partial charge in [-0.2, -0.15) is 0 Å². The van der Waals surface area contributed by atoms with Crippen molar-refractivity contribution in [3.8, 4) is 0 Å². The molecule has 0 atom stereocenters. The lowest BCUT2D eigenvalue weighted by atomic mass is 10.2. The van der Waals surface area contributed by atoms with Crippen molar-refractivity contribution in [2.24, 2.45) is 0 Å². The molecule has 3 nitrogen and oxygen atoms in total. The first kappa shape index (κ1) is 16.0. The number of halogens is 1. The summed E-state index contributed by atoms with van der Waals surface area (Å²) in [7, 11) is 0. The quantitative estimate of drug-likeness (QED) is 0.541. The molecule has 0 heterocycles. The van der Waals surface area contributed by atoms with E-state index in [0.29, 0.717) is 11.4 Å². The zero-order valence-electron chi connectivity index (χ0n) is 10.9. The van der Waals surface area contributed by atoms with Crippen LogP contribution in [-0.2, 0) is 4.79 Å². The summed E-state index contributed by atoms with van der Waals surface area (Å²) in [5, 5.41) is 11.4. The van der Waals surface area contributed by atoms with E-state index in [4.69, 9.17) is 5.11 Å². The Labute approximate surface area is 117 Å². The predicted octanol–water partition coefficient (Wildman–Crippen LogP) is 2.59. The number of unbranched alkanes of at least 4 members (excludes halogenated alkanes) is 3. The smallest absolute Gasteiger partial charge is 0.230 e. The molecule has 5 heteroatoms. The van der Waals surface area contributed by atoms with Gasteiger partial charge in [0.2, 0.25) is 5.91 Å². The maximum absolute atomic E-state index is 13.3. The number of hydrogen-bond acceptors (Lipinski definition) is 3. The number of amides is 1. The first-order chi connectivity index (χ1) is 9.24. The van der Waals surface area contributed by atoms with Crippen molar-refractivity contribution in [1.29, 1.82) is 0 Å². The molecule has 1 amide bonds. The van der Waals surface area contributed by atoms with E-state index < -0.39 is 0 Å². The second-order valence-corrected chi connectivity index (χ2v) is 5.22. The topological polar surface area (TPSA) is 49.3 Å². The molecule has 1 rings (SSSR count). The Morgan fingerprint density at radius 2 is 1.95 bits per heavy atom. The molecule has 2 N–H and O–H groups in total. The van der Waals surface area contributed by atoms with Crippen LogP contribution in [0.4, 0.5) is 4.39 Å². The second-order valence-electron chi connectivity index (χ2n) is 4.21. The van der Waals surface area contributed by atoms with Gasteiger partial charge in [-0.1, -0.05) is 25.0 Å². The third-order valence-corrected chi connectivity index (χ3v) is 3.65. The van der Waals surface area contributed by atoms with Gasteiger partial charge in [0.05, 0.1) is 5.75 Å². The summed E-state index contributed by atoms with van der Waals surface area (Å²) < 4.78 is 13.3. The van der Waals surface area contributed by atoms with Crippen LogP contribution in [0, 0.1) is 5.82 Å². The van der Waals surface area contributed by atoms with Crippen molar-refractivity contribution in [2.45, 2.75) is 30.6 Å². The average molecular weight is 285 g/mol. The van der Waals surface area contributed by atoms with Crippen LogP contribution in [0.1, 0.15) is 25.7 Å². The van der Waals surface area contributed by atoms with Crippen molar-refractivity contribution >= 4 is 17.7 Å². The minimum atomic E-state index is -0.288. The van der Waals surface area contributed by atoms with E-state index in [9.17, 15) is 9.18 Å². The fraction of sp³-hybridized carbons (Fsp3) is 0.500. The summed E-state index contributed by atoms with van der Waals surface area (Å²) in [6.45, 7) is 0.869. The van der Waals surface area contributed by atoms with Crippen molar-refractivity contribution in [3.63, 3.8) is 0 Å². The third kappa shape index (κ3) is 7.18. The molecule has 0 aliphatic carbocycles. The van der Waals surface area contributed by atoms with Crippen LogP contribution in [0.25, 0.3) is 0 Å². The minimum Gasteiger partial charge on any atom is -0.396 e. The molecule has 0 fully saturated rings. The Bertz CT molecular complexity index is 387. The van der Waals surface area contributed by atoms with Crippen LogP contribution in [0.2, 0.25) is 0 Å². The molecule has 1 aromatic rings. The molecule has 0 unspecified atom stereocenters. The molecular formula is C14H20FNO2S. The largest absolute Gasteiger partial charge is 0.396 e. The summed E-state index contributed by atoms with van der Waals surface area (Å²) in [5.74, 6) is -0.128. The van der Waals surface area contributed by atoms with E-state index in [1.165, 1.54) is 17.8 Å². The highest BCUT2D eigenvalue weighted by molar-refractivity contribution is 8.00. The zero-order valence-corrected chi connectivity index (χ0v) is 11.7. The normalized spacial score (nSPS) is 10.4. The van der Waals surface area contributed by atoms with Gasteiger partial charge < -0.3 is 10.4 Å². The lowest BCUT2D eigenvalue weighted by Crippen LogP contribution is -2.26. The van der Waals surface area contributed by atoms with E-state index >= 15 is 0 Å². The molecule has 0 aliphatic heterocycles. The Morgan fingerprint density at radius 3 is 2.68 bits per heavy atom. The van der Waals surface area contributed by atoms with Gasteiger partial charge >= 0.3 is 0 Å². The van der Waals surface area contributed by atoms with Gasteiger partial charge in [0.1, 0.15) is 5.82 Å². The van der Waals surface area contributed by atoms with Crippen LogP contribution in [0.15, 0.2) is 29.2 Å². The number of hydrogen-bond donors (Lipinski definition) is 2. The van der Waals surface area contributed by atoms with Crippen molar-refractivity contribution in [3.05, 3.63) is 30.1 Å². The van der Waals surface area contributed by atoms with Crippen molar-refractivity contribution in [2.75, 3.05) is 18.9 Å². The summed E-state index contributed by atoms with van der Waals surface area (Å²) in [6, 6.07) is 6.44. The highest BCUT2D eigenvalue weighted by Gasteiger charge is 2.05. The van der Waals surface area contributed by atoms with E-state index in [2.05, 4.69) is 5.32 Å². The predicted molar refractivity (Wildman–Crippen MR) is 75.7 cm³/mol. The number of carbonyl (C=O) groups excluding carboxylic acids is 1. The molecule has 0 aromatic heterocycles. The Morgan fingerprint density at radius 1 is 1.21 bits per heavy atom. The van der Waals surface area contributed by atoms with Gasteiger partial charge in [-0.25, -0.2) is 4.39 Å². The molecule has 0 saturated heterocycles. The molecule has 0 radical (unpaired) electrons. The highest BCUT2D eigenvalue weighted by atomic mass is 32.2. The lowest BCUT2D eigenvalue weighted by Gasteiger charge is -2.05. The molecule has 0 bridgehead atoms. The average Bonchev–Trinajstić information content (AvgIpc) is 2.42. The molecule has 0 aliphatic rings. The fourth-order valence-electron chi connectivity index (χ4n) is 1.57. The van der Waals surface area contributed by atoms with Crippen LogP contribution in [0.5, 0.6) is 0 Å². The monoisotopic (exact) mass is 285 g/mol. The number of rotatable bonds is 9. The number of nitrogens with one attached hydrogen (secondary N) is 1. The number of carbonyl (C=O) groups is 1. The van der Waals surface area contributed by atoms with Crippen LogP contribution in [-0.4, -0.2) is 29.9 Å². The van der Waals surface area contributed by atoms with E-state index in [1.54, 1.807) is 18.2 Å². The number of benzene rings is 1. The van der Waals surface area contributed by atoms with Gasteiger partial charge in [-0.15, -0.1) is 11.8 Å².